The van der Waals surface area contributed by atoms with E-state index in [0.29, 0.717) is 31.1 Å². The lowest BCUT2D eigenvalue weighted by Gasteiger charge is -2.31. The molecule has 3 heterocycles. The molecule has 6 rings (SSSR count). The Labute approximate surface area is 233 Å². The average molecular weight is 552 g/mol. The van der Waals surface area contributed by atoms with Gasteiger partial charge in [0, 0.05) is 37.3 Å². The fraction of sp³-hybridized carbons (Fsp3) is 0.571. The predicted molar refractivity (Wildman–Crippen MR) is 151 cm³/mol. The van der Waals surface area contributed by atoms with Crippen LogP contribution >= 0.6 is 0 Å². The van der Waals surface area contributed by atoms with Gasteiger partial charge in [0.05, 0.1) is 12.0 Å². The van der Waals surface area contributed by atoms with Crippen molar-refractivity contribution in [3.63, 3.8) is 0 Å². The van der Waals surface area contributed by atoms with Crippen LogP contribution in [0.3, 0.4) is 0 Å². The number of fused-ring (bicyclic) bond motifs is 1. The molecule has 12 heteroatoms. The number of piperidine rings is 1. The number of hydroxylamine groups is 2. The number of hydrogen-bond acceptors (Lipinski definition) is 9. The van der Waals surface area contributed by atoms with Crippen molar-refractivity contribution in [2.45, 2.75) is 88.4 Å². The molecule has 40 heavy (non-hydrogen) atoms. The number of hydrogen-bond donors (Lipinski definition) is 4. The van der Waals surface area contributed by atoms with Gasteiger partial charge in [0.15, 0.2) is 17.0 Å². The number of halogens is 1. The summed E-state index contributed by atoms with van der Waals surface area (Å²) in [7, 11) is 0. The van der Waals surface area contributed by atoms with E-state index in [1.54, 1.807) is 17.2 Å². The van der Waals surface area contributed by atoms with Gasteiger partial charge in [0.2, 0.25) is 5.95 Å². The van der Waals surface area contributed by atoms with Crippen molar-refractivity contribution in [3.05, 3.63) is 36.4 Å². The first kappa shape index (κ1) is 26.7. The molecule has 0 unspecified atom stereocenters. The van der Waals surface area contributed by atoms with Gasteiger partial charge in [0.1, 0.15) is 5.82 Å². The highest BCUT2D eigenvalue weighted by atomic mass is 19.1. The lowest BCUT2D eigenvalue weighted by atomic mass is 9.92. The van der Waals surface area contributed by atoms with Crippen LogP contribution in [0, 0.1) is 5.82 Å². The smallest absolute Gasteiger partial charge is 0.365 e. The molecular weight excluding hydrogens is 513 g/mol. The summed E-state index contributed by atoms with van der Waals surface area (Å²) in [6, 6.07) is 7.15. The molecule has 0 bridgehead atoms. The fourth-order valence-corrected chi connectivity index (χ4v) is 6.07. The lowest BCUT2D eigenvalue weighted by Crippen LogP contribution is -2.41. The Bertz CT molecular complexity index is 1310. The van der Waals surface area contributed by atoms with Crippen molar-refractivity contribution in [2.24, 2.45) is 5.73 Å². The van der Waals surface area contributed by atoms with E-state index in [1.807, 2.05) is 6.33 Å². The molecule has 0 atom stereocenters. The number of carbonyl (C=O) groups excluding carboxylic acids is 1. The molecule has 0 spiro atoms. The number of anilines is 3. The molecule has 11 nitrogen and oxygen atoms in total. The van der Waals surface area contributed by atoms with Crippen molar-refractivity contribution in [2.75, 3.05) is 29.0 Å². The second-order valence-corrected chi connectivity index (χ2v) is 11.2. The van der Waals surface area contributed by atoms with E-state index in [9.17, 15) is 9.18 Å². The number of amides is 1. The van der Waals surface area contributed by atoms with E-state index >= 15 is 0 Å². The van der Waals surface area contributed by atoms with Crippen LogP contribution in [0.15, 0.2) is 30.6 Å². The Morgan fingerprint density at radius 3 is 2.42 bits per heavy atom. The van der Waals surface area contributed by atoms with Crippen molar-refractivity contribution in [1.29, 1.82) is 0 Å². The number of benzene rings is 1. The average Bonchev–Trinajstić information content (AvgIpc) is 3.63. The number of carbonyl (C=O) groups is 1. The Morgan fingerprint density at radius 2 is 1.68 bits per heavy atom. The van der Waals surface area contributed by atoms with E-state index in [2.05, 4.69) is 20.5 Å². The summed E-state index contributed by atoms with van der Waals surface area (Å²) in [6.07, 6.45) is 11.5. The van der Waals surface area contributed by atoms with Crippen LogP contribution < -0.4 is 21.7 Å². The maximum absolute atomic E-state index is 13.8. The summed E-state index contributed by atoms with van der Waals surface area (Å²) in [5.41, 5.74) is 7.86. The van der Waals surface area contributed by atoms with Crippen molar-refractivity contribution in [1.82, 2.24) is 24.6 Å². The molecule has 5 N–H and O–H groups in total. The van der Waals surface area contributed by atoms with Gasteiger partial charge in [-0.25, -0.2) is 14.2 Å². The van der Waals surface area contributed by atoms with Crippen LogP contribution in [0.5, 0.6) is 0 Å². The van der Waals surface area contributed by atoms with Gasteiger partial charge in [0.25, 0.3) is 0 Å². The molecule has 3 aromatic rings. The zero-order valence-electron chi connectivity index (χ0n) is 22.7. The highest BCUT2D eigenvalue weighted by molar-refractivity contribution is 5.85. The predicted octanol–water partition coefficient (Wildman–Crippen LogP) is 4.80. The molecule has 0 radical (unpaired) electrons. The Kier molecular flexibility index (Phi) is 7.96. The maximum Gasteiger partial charge on any atom is 0.430 e. The molecule has 2 aliphatic carbocycles. The second kappa shape index (κ2) is 11.9. The summed E-state index contributed by atoms with van der Waals surface area (Å²) >= 11 is 0. The van der Waals surface area contributed by atoms with Crippen molar-refractivity contribution < 1.29 is 14.0 Å². The summed E-state index contributed by atoms with van der Waals surface area (Å²) in [6.45, 7) is 1.08. The zero-order valence-corrected chi connectivity index (χ0v) is 22.7. The molecule has 2 aromatic heterocycles. The SMILES string of the molecule is N[C@H]1CC[C@H](Nc2nc(NC3CCN(OC(=O)Nc4ccccc4F)CC3)c3ncn(C4CCCC4)c3n2)CC1. The normalized spacial score (nSPS) is 22.9. The van der Waals surface area contributed by atoms with E-state index in [4.69, 9.17) is 25.5 Å². The quantitative estimate of drug-likeness (QED) is 0.326. The molecule has 3 fully saturated rings. The first-order valence-electron chi connectivity index (χ1n) is 14.5. The Balaban J connectivity index is 1.12. The van der Waals surface area contributed by atoms with Gasteiger partial charge in [-0.05, 0) is 63.5 Å². The molecule has 1 amide bonds. The highest BCUT2D eigenvalue weighted by Crippen LogP contribution is 2.34. The van der Waals surface area contributed by atoms with Crippen LogP contribution in [-0.2, 0) is 4.84 Å². The number of imidazole rings is 1. The van der Waals surface area contributed by atoms with Crippen LogP contribution in [0.25, 0.3) is 11.2 Å². The van der Waals surface area contributed by atoms with E-state index in [0.717, 1.165) is 68.3 Å². The first-order valence-corrected chi connectivity index (χ1v) is 14.5. The molecule has 1 aromatic carbocycles. The third-order valence-electron chi connectivity index (χ3n) is 8.36. The maximum atomic E-state index is 13.8. The monoisotopic (exact) mass is 551 g/mol. The van der Waals surface area contributed by atoms with E-state index < -0.39 is 11.9 Å². The minimum atomic E-state index is -0.703. The Hall–Kier alpha value is -3.51. The second-order valence-electron chi connectivity index (χ2n) is 11.2. The van der Waals surface area contributed by atoms with E-state index in [1.165, 1.54) is 25.0 Å². The standard InChI is InChI=1S/C28H38FN9O2/c29-22-7-3-4-8-23(22)34-28(39)40-37-15-13-20(14-16-37)32-25-24-26(38(17-31-24)21-5-1-2-6-21)36-27(35-25)33-19-11-9-18(30)10-12-19/h3-4,7-8,17-21H,1-2,5-6,9-16,30H2,(H,34,39)(H2,32,33,35,36)/t18-,19-. The largest absolute Gasteiger partial charge is 0.430 e. The molecule has 1 saturated heterocycles. The third kappa shape index (κ3) is 6.12. The third-order valence-corrected chi connectivity index (χ3v) is 8.36. The molecule has 214 valence electrons. The molecule has 3 aliphatic rings. The van der Waals surface area contributed by atoms with Gasteiger partial charge < -0.3 is 25.8 Å². The van der Waals surface area contributed by atoms with Crippen molar-refractivity contribution >= 4 is 34.7 Å². The minimum absolute atomic E-state index is 0.0920. The number of rotatable bonds is 7. The van der Waals surface area contributed by atoms with Gasteiger partial charge in [-0.15, -0.1) is 5.06 Å². The zero-order chi connectivity index (χ0) is 27.5. The number of nitrogens with zero attached hydrogens (tertiary/aromatic N) is 5. The van der Waals surface area contributed by atoms with Crippen LogP contribution in [0.2, 0.25) is 0 Å². The molecular formula is C28H38FN9O2. The number of aromatic nitrogens is 4. The van der Waals surface area contributed by atoms with Gasteiger partial charge in [-0.1, -0.05) is 25.0 Å². The van der Waals surface area contributed by atoms with Gasteiger partial charge in [-0.3, -0.25) is 5.32 Å². The van der Waals surface area contributed by atoms with Crippen LogP contribution in [0.1, 0.15) is 70.3 Å². The van der Waals surface area contributed by atoms with Crippen LogP contribution in [0.4, 0.5) is 26.6 Å². The summed E-state index contributed by atoms with van der Waals surface area (Å²) in [5.74, 6) is 0.851. The molecule has 2 saturated carbocycles. The minimum Gasteiger partial charge on any atom is -0.365 e. The summed E-state index contributed by atoms with van der Waals surface area (Å²) < 4.78 is 16.1. The summed E-state index contributed by atoms with van der Waals surface area (Å²) in [4.78, 5) is 32.3. The highest BCUT2D eigenvalue weighted by Gasteiger charge is 2.27. The topological polar surface area (TPSA) is 135 Å². The van der Waals surface area contributed by atoms with Crippen LogP contribution in [-0.4, -0.2) is 61.9 Å². The first-order chi connectivity index (χ1) is 19.5. The number of nitrogens with two attached hydrogens (primary N) is 1. The van der Waals surface area contributed by atoms with Gasteiger partial charge >= 0.3 is 6.09 Å². The number of nitrogens with one attached hydrogen (secondary N) is 3. The summed E-state index contributed by atoms with van der Waals surface area (Å²) in [5, 5.41) is 11.3. The Morgan fingerprint density at radius 1 is 0.950 bits per heavy atom. The molecule has 1 aliphatic heterocycles. The fourth-order valence-electron chi connectivity index (χ4n) is 6.07. The number of para-hydroxylation sites is 1. The van der Waals surface area contributed by atoms with Gasteiger partial charge in [-0.2, -0.15) is 9.97 Å². The van der Waals surface area contributed by atoms with Crippen molar-refractivity contribution in [3.8, 4) is 0 Å². The lowest BCUT2D eigenvalue weighted by molar-refractivity contribution is -0.107. The van der Waals surface area contributed by atoms with E-state index in [-0.39, 0.29) is 17.8 Å².